The van der Waals surface area contributed by atoms with Gasteiger partial charge in [0, 0.05) is 12.1 Å². The highest BCUT2D eigenvalue weighted by Gasteiger charge is 2.31. The van der Waals surface area contributed by atoms with Crippen molar-refractivity contribution in [1.29, 1.82) is 0 Å². The number of fused-ring (bicyclic) bond motifs is 1. The topological polar surface area (TPSA) is 67.9 Å². The molecule has 0 aromatic heterocycles. The molecule has 1 saturated heterocycles. The largest absolute Gasteiger partial charge is 0.491 e. The van der Waals surface area contributed by atoms with E-state index in [0.29, 0.717) is 26.3 Å². The average Bonchev–Trinajstić information content (AvgIpc) is 2.85. The van der Waals surface area contributed by atoms with Gasteiger partial charge in [0.2, 0.25) is 5.91 Å². The van der Waals surface area contributed by atoms with Gasteiger partial charge in [-0.25, -0.2) is 0 Å². The maximum atomic E-state index is 12.9. The molecular formula is C25H27F3N2O4. The lowest BCUT2D eigenvalue weighted by Crippen LogP contribution is -2.50. The lowest BCUT2D eigenvalue weighted by atomic mass is 9.92. The Morgan fingerprint density at radius 2 is 1.88 bits per heavy atom. The van der Waals surface area contributed by atoms with Gasteiger partial charge in [0.15, 0.2) is 0 Å². The average molecular weight is 476 g/mol. The fraction of sp³-hybridized carbons (Fsp3) is 0.440. The van der Waals surface area contributed by atoms with Crippen LogP contribution in [0.5, 0.6) is 5.75 Å². The summed E-state index contributed by atoms with van der Waals surface area (Å²) in [6, 6.07) is 10.2. The highest BCUT2D eigenvalue weighted by Crippen LogP contribution is 2.29. The van der Waals surface area contributed by atoms with Crippen LogP contribution in [0.3, 0.4) is 0 Å². The minimum atomic E-state index is -4.55. The van der Waals surface area contributed by atoms with Crippen molar-refractivity contribution in [3.05, 3.63) is 64.7 Å². The third-order valence-corrected chi connectivity index (χ3v) is 6.10. The molecule has 4 rings (SSSR count). The van der Waals surface area contributed by atoms with Crippen LogP contribution in [0, 0.1) is 0 Å². The first-order valence-electron chi connectivity index (χ1n) is 11.4. The van der Waals surface area contributed by atoms with Crippen molar-refractivity contribution in [2.75, 3.05) is 32.8 Å². The van der Waals surface area contributed by atoms with Crippen LogP contribution in [0.15, 0.2) is 42.5 Å². The predicted octanol–water partition coefficient (Wildman–Crippen LogP) is 3.62. The van der Waals surface area contributed by atoms with Crippen LogP contribution < -0.4 is 10.1 Å². The first-order valence-corrected chi connectivity index (χ1v) is 11.4. The second-order valence-electron chi connectivity index (χ2n) is 8.54. The van der Waals surface area contributed by atoms with E-state index >= 15 is 0 Å². The van der Waals surface area contributed by atoms with Crippen LogP contribution in [-0.2, 0) is 28.5 Å². The Hall–Kier alpha value is -3.07. The van der Waals surface area contributed by atoms with Crippen LogP contribution in [-0.4, -0.2) is 55.7 Å². The van der Waals surface area contributed by atoms with E-state index in [1.807, 2.05) is 6.07 Å². The van der Waals surface area contributed by atoms with E-state index in [1.54, 1.807) is 4.90 Å². The molecule has 0 saturated carbocycles. The zero-order chi connectivity index (χ0) is 24.1. The van der Waals surface area contributed by atoms with E-state index in [-0.39, 0.29) is 24.1 Å². The molecule has 0 unspecified atom stereocenters. The summed E-state index contributed by atoms with van der Waals surface area (Å²) in [5.41, 5.74) is 1.63. The smallest absolute Gasteiger partial charge is 0.416 e. The van der Waals surface area contributed by atoms with Crippen LogP contribution in [0.1, 0.15) is 39.9 Å². The molecule has 0 bridgehead atoms. The first-order chi connectivity index (χ1) is 16.3. The number of hydrogen-bond donors (Lipinski definition) is 1. The number of nitrogens with one attached hydrogen (secondary N) is 1. The maximum absolute atomic E-state index is 12.9. The Balaban J connectivity index is 1.26. The highest BCUT2D eigenvalue weighted by atomic mass is 19.4. The number of amides is 2. The summed E-state index contributed by atoms with van der Waals surface area (Å²) in [6.07, 6.45) is -0.301. The van der Waals surface area contributed by atoms with Crippen LogP contribution in [0.4, 0.5) is 13.2 Å². The Labute approximate surface area is 196 Å². The Morgan fingerprint density at radius 3 is 2.68 bits per heavy atom. The summed E-state index contributed by atoms with van der Waals surface area (Å²) < 4.78 is 50.2. The number of morpholine rings is 1. The van der Waals surface area contributed by atoms with E-state index in [9.17, 15) is 22.8 Å². The van der Waals surface area contributed by atoms with Gasteiger partial charge in [0.05, 0.1) is 25.3 Å². The van der Waals surface area contributed by atoms with Crippen molar-refractivity contribution >= 4 is 11.8 Å². The SMILES string of the molecule is O=C(NCC(=O)N1CCO[C@@H](COc2ccc3c(c2)CCCC3)C1)c1cccc(C(F)(F)F)c1. The molecule has 182 valence electrons. The van der Waals surface area contributed by atoms with Crippen molar-refractivity contribution in [3.63, 3.8) is 0 Å². The summed E-state index contributed by atoms with van der Waals surface area (Å²) in [6.45, 7) is 0.995. The zero-order valence-electron chi connectivity index (χ0n) is 18.7. The molecule has 1 aliphatic heterocycles. The molecule has 2 aromatic rings. The van der Waals surface area contributed by atoms with Crippen LogP contribution >= 0.6 is 0 Å². The van der Waals surface area contributed by atoms with Crippen LogP contribution in [0.2, 0.25) is 0 Å². The number of aryl methyl sites for hydroxylation is 2. The van der Waals surface area contributed by atoms with Crippen molar-refractivity contribution in [2.45, 2.75) is 38.0 Å². The van der Waals surface area contributed by atoms with Crippen LogP contribution in [0.25, 0.3) is 0 Å². The number of halogens is 3. The number of carbonyl (C=O) groups is 2. The van der Waals surface area contributed by atoms with E-state index in [0.717, 1.165) is 36.8 Å². The Kier molecular flexibility index (Phi) is 7.41. The van der Waals surface area contributed by atoms with Gasteiger partial charge in [-0.3, -0.25) is 9.59 Å². The monoisotopic (exact) mass is 476 g/mol. The molecule has 1 heterocycles. The van der Waals surface area contributed by atoms with Gasteiger partial charge in [-0.15, -0.1) is 0 Å². The number of carbonyl (C=O) groups excluding carboxylic acids is 2. The fourth-order valence-electron chi connectivity index (χ4n) is 4.24. The summed E-state index contributed by atoms with van der Waals surface area (Å²) in [7, 11) is 0. The molecule has 2 aromatic carbocycles. The van der Waals surface area contributed by atoms with Gasteiger partial charge in [-0.1, -0.05) is 12.1 Å². The molecule has 2 amide bonds. The van der Waals surface area contributed by atoms with Gasteiger partial charge in [0.1, 0.15) is 18.5 Å². The number of hydrogen-bond acceptors (Lipinski definition) is 4. The Bertz CT molecular complexity index is 1040. The van der Waals surface area contributed by atoms with Gasteiger partial charge < -0.3 is 19.7 Å². The quantitative estimate of drug-likeness (QED) is 0.692. The van der Waals surface area contributed by atoms with Crippen molar-refractivity contribution in [3.8, 4) is 5.75 Å². The number of ether oxygens (including phenoxy) is 2. The molecule has 0 spiro atoms. The van der Waals surface area contributed by atoms with Crippen molar-refractivity contribution in [1.82, 2.24) is 10.2 Å². The van der Waals surface area contributed by atoms with Gasteiger partial charge in [0.25, 0.3) is 5.91 Å². The number of benzene rings is 2. The number of nitrogens with zero attached hydrogens (tertiary/aromatic N) is 1. The van der Waals surface area contributed by atoms with E-state index in [4.69, 9.17) is 9.47 Å². The molecule has 1 atom stereocenters. The standard InChI is InChI=1S/C25H27F3N2O4/c26-25(27,28)20-7-3-6-19(12-20)24(32)29-14-23(31)30-10-11-33-22(15-30)16-34-21-9-8-17-4-1-2-5-18(17)13-21/h3,6-9,12-13,22H,1-2,4-5,10-11,14-16H2,(H,29,32)/t22-/m1/s1. The van der Waals surface area contributed by atoms with Gasteiger partial charge in [-0.05, 0) is 67.1 Å². The van der Waals surface area contributed by atoms with Crippen molar-refractivity contribution < 1.29 is 32.2 Å². The minimum absolute atomic E-state index is 0.152. The molecule has 1 fully saturated rings. The first kappa shape index (κ1) is 24.1. The molecule has 34 heavy (non-hydrogen) atoms. The molecule has 6 nitrogen and oxygen atoms in total. The van der Waals surface area contributed by atoms with E-state index in [2.05, 4.69) is 17.4 Å². The molecule has 0 radical (unpaired) electrons. The molecular weight excluding hydrogens is 449 g/mol. The number of rotatable bonds is 6. The number of alkyl halides is 3. The second kappa shape index (κ2) is 10.5. The molecule has 1 N–H and O–H groups in total. The minimum Gasteiger partial charge on any atom is -0.491 e. The molecule has 2 aliphatic rings. The third-order valence-electron chi connectivity index (χ3n) is 6.10. The molecule has 9 heteroatoms. The third kappa shape index (κ3) is 6.08. The Morgan fingerprint density at radius 1 is 1.09 bits per heavy atom. The highest BCUT2D eigenvalue weighted by molar-refractivity contribution is 5.96. The maximum Gasteiger partial charge on any atom is 0.416 e. The van der Waals surface area contributed by atoms with Gasteiger partial charge in [-0.2, -0.15) is 13.2 Å². The van der Waals surface area contributed by atoms with E-state index < -0.39 is 17.6 Å². The predicted molar refractivity (Wildman–Crippen MR) is 119 cm³/mol. The summed E-state index contributed by atoms with van der Waals surface area (Å²) in [5, 5.41) is 2.41. The lowest BCUT2D eigenvalue weighted by Gasteiger charge is -2.33. The lowest BCUT2D eigenvalue weighted by molar-refractivity contribution is -0.139. The summed E-state index contributed by atoms with van der Waals surface area (Å²) >= 11 is 0. The van der Waals surface area contributed by atoms with E-state index in [1.165, 1.54) is 30.0 Å². The molecule has 1 aliphatic carbocycles. The summed E-state index contributed by atoms with van der Waals surface area (Å²) in [5.74, 6) is -0.288. The zero-order valence-corrected chi connectivity index (χ0v) is 18.7. The van der Waals surface area contributed by atoms with Crippen molar-refractivity contribution in [2.24, 2.45) is 0 Å². The second-order valence-corrected chi connectivity index (χ2v) is 8.54. The van der Waals surface area contributed by atoms with Gasteiger partial charge >= 0.3 is 6.18 Å². The normalized spacial score (nSPS) is 18.2. The fourth-order valence-corrected chi connectivity index (χ4v) is 4.24. The summed E-state index contributed by atoms with van der Waals surface area (Å²) in [4.78, 5) is 26.4.